The van der Waals surface area contributed by atoms with Gasteiger partial charge in [0.1, 0.15) is 17.1 Å². The molecule has 3 aromatic carbocycles. The highest BCUT2D eigenvalue weighted by molar-refractivity contribution is 5.95. The van der Waals surface area contributed by atoms with Crippen LogP contribution in [-0.4, -0.2) is 47.2 Å². The highest BCUT2D eigenvalue weighted by Gasteiger charge is 2.38. The van der Waals surface area contributed by atoms with Crippen LogP contribution in [0.15, 0.2) is 72.8 Å². The summed E-state index contributed by atoms with van der Waals surface area (Å²) in [6.45, 7) is 5.47. The van der Waals surface area contributed by atoms with E-state index in [1.807, 2.05) is 55.5 Å². The van der Waals surface area contributed by atoms with Crippen LogP contribution < -0.4 is 0 Å². The summed E-state index contributed by atoms with van der Waals surface area (Å²) in [4.78, 5) is 30.9. The Bertz CT molecular complexity index is 1790. The molecule has 1 unspecified atom stereocenters. The Morgan fingerprint density at radius 2 is 1.72 bits per heavy atom. The quantitative estimate of drug-likeness (QED) is 0.231. The predicted molar refractivity (Wildman–Crippen MR) is 156 cm³/mol. The van der Waals surface area contributed by atoms with Crippen LogP contribution in [0.25, 0.3) is 22.5 Å². The summed E-state index contributed by atoms with van der Waals surface area (Å²) in [5, 5.41) is 25.5. The maximum absolute atomic E-state index is 13.8. The van der Waals surface area contributed by atoms with Gasteiger partial charge in [0, 0.05) is 24.1 Å². The van der Waals surface area contributed by atoms with Gasteiger partial charge in [-0.05, 0) is 48.2 Å². The predicted octanol–water partition coefficient (Wildman–Crippen LogP) is 4.98. The largest absolute Gasteiger partial charge is 0.417 e. The number of cyclic esters (lactones) is 1. The number of hydrogen-bond donors (Lipinski definition) is 2. The van der Waals surface area contributed by atoms with Crippen molar-refractivity contribution in [2.75, 3.05) is 0 Å². The monoisotopic (exact) mass is 578 g/mol. The summed E-state index contributed by atoms with van der Waals surface area (Å²) in [6, 6.07) is 22.5. The molecule has 0 saturated heterocycles. The number of nitrogens with zero attached hydrogens (tertiary/aromatic N) is 5. The first kappa shape index (κ1) is 28.0. The van der Waals surface area contributed by atoms with Crippen molar-refractivity contribution in [2.45, 2.75) is 52.0 Å². The lowest BCUT2D eigenvalue weighted by molar-refractivity contribution is -0.0734. The number of fused-ring (bicyclic) bond motifs is 1. The molecule has 0 spiro atoms. The minimum Gasteiger partial charge on any atom is -0.417 e. The van der Waals surface area contributed by atoms with E-state index < -0.39 is 23.8 Å². The third kappa shape index (κ3) is 5.42. The number of aryl methyl sites for hydroxylation is 1. The maximum atomic E-state index is 13.8. The van der Waals surface area contributed by atoms with Crippen molar-refractivity contribution >= 4 is 11.9 Å². The van der Waals surface area contributed by atoms with Gasteiger partial charge in [0.15, 0.2) is 5.69 Å². The number of H-pyrrole nitrogens is 1. The number of aromatic nitrogens is 6. The van der Waals surface area contributed by atoms with Gasteiger partial charge < -0.3 is 19.1 Å². The van der Waals surface area contributed by atoms with E-state index in [9.17, 15) is 14.7 Å². The van der Waals surface area contributed by atoms with Gasteiger partial charge in [-0.25, -0.2) is 14.6 Å². The van der Waals surface area contributed by atoms with Gasteiger partial charge in [0.25, 0.3) is 6.29 Å². The SMILES string of the molecule is CCCc1nc(C(C)(C)O)c(C(=O)OC2OC(=O)c3ccccc32)n1Cc1ccc(-c2ccccc2-c2nn[nH]n2)cc1. The molecule has 0 amide bonds. The molecule has 1 atom stereocenters. The van der Waals surface area contributed by atoms with Crippen molar-refractivity contribution in [3.63, 3.8) is 0 Å². The summed E-state index contributed by atoms with van der Waals surface area (Å²) in [5.74, 6) is -0.161. The van der Waals surface area contributed by atoms with E-state index in [-0.39, 0.29) is 11.4 Å². The van der Waals surface area contributed by atoms with E-state index in [4.69, 9.17) is 14.5 Å². The van der Waals surface area contributed by atoms with Crippen LogP contribution in [0.1, 0.15) is 77.0 Å². The van der Waals surface area contributed by atoms with Crippen molar-refractivity contribution in [1.29, 1.82) is 0 Å². The number of hydrogen-bond acceptors (Lipinski definition) is 9. The molecule has 11 nitrogen and oxygen atoms in total. The fraction of sp³-hybridized carbons (Fsp3) is 0.250. The average molecular weight is 579 g/mol. The van der Waals surface area contributed by atoms with Gasteiger partial charge in [-0.2, -0.15) is 5.21 Å². The molecule has 2 aromatic heterocycles. The van der Waals surface area contributed by atoms with Crippen LogP contribution in [0.4, 0.5) is 0 Å². The summed E-state index contributed by atoms with van der Waals surface area (Å²) < 4.78 is 12.9. The zero-order chi connectivity index (χ0) is 30.1. The van der Waals surface area contributed by atoms with Crippen LogP contribution in [0, 0.1) is 0 Å². The second-order valence-electron chi connectivity index (χ2n) is 10.8. The van der Waals surface area contributed by atoms with E-state index in [1.54, 1.807) is 42.7 Å². The number of carbonyl (C=O) groups is 2. The molecule has 43 heavy (non-hydrogen) atoms. The van der Waals surface area contributed by atoms with Gasteiger partial charge in [0.05, 0.1) is 5.56 Å². The minimum atomic E-state index is -1.44. The second-order valence-corrected chi connectivity index (χ2v) is 10.8. The summed E-state index contributed by atoms with van der Waals surface area (Å²) in [7, 11) is 0. The topological polar surface area (TPSA) is 145 Å². The standard InChI is InChI=1S/C32H30N6O5/c1-4-9-25-33-27(32(2,3)41)26(30(40)43-31-24-13-8-7-12-23(24)29(39)42-31)38(25)18-19-14-16-20(17-15-19)21-10-5-6-11-22(21)28-34-36-37-35-28/h5-8,10-17,31,41H,4,9,18H2,1-3H3,(H,34,35,36,37). The van der Waals surface area contributed by atoms with Crippen LogP contribution in [0.2, 0.25) is 0 Å². The molecule has 1 aliphatic rings. The lowest BCUT2D eigenvalue weighted by atomic mass is 9.98. The number of ether oxygens (including phenoxy) is 2. The summed E-state index contributed by atoms with van der Waals surface area (Å²) >= 11 is 0. The van der Waals surface area contributed by atoms with E-state index in [0.717, 1.165) is 28.7 Å². The normalized spacial score (nSPS) is 14.4. The fourth-order valence-corrected chi connectivity index (χ4v) is 5.25. The fourth-order valence-electron chi connectivity index (χ4n) is 5.25. The first-order valence-corrected chi connectivity index (χ1v) is 14.0. The third-order valence-corrected chi connectivity index (χ3v) is 7.27. The van der Waals surface area contributed by atoms with Crippen molar-refractivity contribution in [3.05, 3.63) is 107 Å². The Hall–Kier alpha value is -5.16. The zero-order valence-electron chi connectivity index (χ0n) is 23.9. The second kappa shape index (κ2) is 11.3. The molecule has 0 aliphatic carbocycles. The van der Waals surface area contributed by atoms with E-state index in [0.29, 0.717) is 35.7 Å². The summed E-state index contributed by atoms with van der Waals surface area (Å²) in [6.07, 6.45) is 0.159. The smallest absolute Gasteiger partial charge is 0.360 e. The third-order valence-electron chi connectivity index (χ3n) is 7.27. The first-order chi connectivity index (χ1) is 20.7. The van der Waals surface area contributed by atoms with Crippen molar-refractivity contribution < 1.29 is 24.2 Å². The number of esters is 2. The van der Waals surface area contributed by atoms with Gasteiger partial charge in [0.2, 0.25) is 5.82 Å². The molecular weight excluding hydrogens is 548 g/mol. The Morgan fingerprint density at radius 1 is 1.02 bits per heavy atom. The molecule has 6 rings (SSSR count). The van der Waals surface area contributed by atoms with Crippen molar-refractivity contribution in [3.8, 4) is 22.5 Å². The number of aliphatic hydroxyl groups is 1. The Morgan fingerprint density at radius 3 is 2.40 bits per heavy atom. The van der Waals surface area contributed by atoms with Crippen LogP contribution in [0.3, 0.4) is 0 Å². The molecule has 218 valence electrons. The lowest BCUT2D eigenvalue weighted by Gasteiger charge is -2.19. The number of carbonyl (C=O) groups excluding carboxylic acids is 2. The molecule has 0 fully saturated rings. The molecule has 0 radical (unpaired) electrons. The number of tetrazole rings is 1. The molecular formula is C32H30N6O5. The molecule has 11 heteroatoms. The van der Waals surface area contributed by atoms with Crippen molar-refractivity contribution in [1.82, 2.24) is 30.2 Å². The molecule has 0 bridgehead atoms. The number of nitrogens with one attached hydrogen (secondary N) is 1. The van der Waals surface area contributed by atoms with E-state index in [1.165, 1.54) is 0 Å². The highest BCUT2D eigenvalue weighted by atomic mass is 16.7. The molecule has 5 aromatic rings. The van der Waals surface area contributed by atoms with Gasteiger partial charge in [-0.15, -0.1) is 10.2 Å². The van der Waals surface area contributed by atoms with Gasteiger partial charge in [-0.3, -0.25) is 0 Å². The first-order valence-electron chi connectivity index (χ1n) is 14.0. The maximum Gasteiger partial charge on any atom is 0.360 e. The van der Waals surface area contributed by atoms with Gasteiger partial charge >= 0.3 is 11.9 Å². The summed E-state index contributed by atoms with van der Waals surface area (Å²) in [5.41, 5.74) is 3.36. The number of imidazole rings is 1. The molecule has 1 aliphatic heterocycles. The number of rotatable bonds is 9. The number of benzene rings is 3. The van der Waals surface area contributed by atoms with E-state index in [2.05, 4.69) is 20.6 Å². The zero-order valence-corrected chi connectivity index (χ0v) is 23.9. The Balaban J connectivity index is 1.35. The van der Waals surface area contributed by atoms with Crippen LogP contribution in [-0.2, 0) is 28.0 Å². The van der Waals surface area contributed by atoms with Gasteiger partial charge in [-0.1, -0.05) is 73.7 Å². The Labute approximate surface area is 247 Å². The lowest BCUT2D eigenvalue weighted by Crippen LogP contribution is -2.24. The molecule has 0 saturated carbocycles. The number of aromatic amines is 1. The van der Waals surface area contributed by atoms with E-state index >= 15 is 0 Å². The molecule has 2 N–H and O–H groups in total. The van der Waals surface area contributed by atoms with Crippen LogP contribution >= 0.6 is 0 Å². The molecule has 3 heterocycles. The van der Waals surface area contributed by atoms with Crippen molar-refractivity contribution in [2.24, 2.45) is 0 Å². The Kier molecular flexibility index (Phi) is 7.32. The minimum absolute atomic E-state index is 0.114. The van der Waals surface area contributed by atoms with Crippen LogP contribution in [0.5, 0.6) is 0 Å². The highest BCUT2D eigenvalue weighted by Crippen LogP contribution is 2.34. The average Bonchev–Trinajstić information content (AvgIpc) is 3.73.